The molecule has 0 aliphatic carbocycles. The standard InChI is InChI=1S/C102H156O18S6/c1-7-97(103)115-61-37-25-49-73-121-67-43-19-13-31-55-109-91-79-85-86(80-92(91)110-56-32-14-20-44-68-122-74-50-26-38-62-116-98(104)8-2)88-82-94(112-58-34-16-22-46-70-124-76-52-28-40-64-118-100(106)10-4)96(114-60-36-18-24-48-72-126-78-54-30-42-66-120-102(108)12-6)84-90(88)89-83-95(113-59-35-17-23-47-71-125-77-53-29-41-65-119-101(107)11-5)93(81-87(85)89)111-57-33-15-21-45-69-123-75-51-27-39-63-117-99(105)9-3/h7-12,79-84H,1-6,13-78H2. The molecule has 0 heterocycles. The molecule has 4 aromatic rings. The van der Waals surface area contributed by atoms with Crippen molar-refractivity contribution < 1.29 is 85.6 Å². The van der Waals surface area contributed by atoms with E-state index in [9.17, 15) is 28.8 Å². The molecule has 0 saturated heterocycles. The van der Waals surface area contributed by atoms with Gasteiger partial charge in [-0.3, -0.25) is 0 Å². The fraction of sp³-hybridized carbons (Fsp3) is 0.647. The van der Waals surface area contributed by atoms with Crippen molar-refractivity contribution in [1.82, 2.24) is 0 Å². The summed E-state index contributed by atoms with van der Waals surface area (Å²) in [7, 11) is 0. The molecular weight excluding hydrogens is 1710 g/mol. The first-order chi connectivity index (χ1) is 62.0. The molecule has 0 spiro atoms. The van der Waals surface area contributed by atoms with Gasteiger partial charge >= 0.3 is 35.8 Å². The summed E-state index contributed by atoms with van der Waals surface area (Å²) < 4.78 is 73.0. The Hall–Kier alpha value is -6.18. The van der Waals surface area contributed by atoms with E-state index in [-0.39, 0.29) is 35.8 Å². The van der Waals surface area contributed by atoms with Crippen LogP contribution in [0.3, 0.4) is 0 Å². The molecule has 0 aromatic heterocycles. The van der Waals surface area contributed by atoms with E-state index in [0.29, 0.717) is 79.3 Å². The highest BCUT2D eigenvalue weighted by Crippen LogP contribution is 2.48. The Balaban J connectivity index is 1.73. The molecule has 0 fully saturated rings. The van der Waals surface area contributed by atoms with Crippen LogP contribution in [0.5, 0.6) is 34.5 Å². The van der Waals surface area contributed by atoms with E-state index < -0.39 is 0 Å². The quantitative estimate of drug-likeness (QED) is 0.0132. The zero-order valence-electron chi connectivity index (χ0n) is 76.6. The second-order valence-corrected chi connectivity index (χ2v) is 38.7. The van der Waals surface area contributed by atoms with Gasteiger partial charge in [-0.1, -0.05) is 117 Å². The summed E-state index contributed by atoms with van der Waals surface area (Å²) in [5.41, 5.74) is 0. The van der Waals surface area contributed by atoms with E-state index in [0.717, 1.165) is 406 Å². The normalized spacial score (nSPS) is 11.1. The van der Waals surface area contributed by atoms with Crippen molar-refractivity contribution in [3.8, 4) is 34.5 Å². The number of ether oxygens (including phenoxy) is 12. The Morgan fingerprint density at radius 3 is 0.413 bits per heavy atom. The summed E-state index contributed by atoms with van der Waals surface area (Å²) in [6, 6.07) is 13.3. The van der Waals surface area contributed by atoms with Gasteiger partial charge in [0.1, 0.15) is 0 Å². The Kier molecular flexibility index (Phi) is 71.0. The van der Waals surface area contributed by atoms with Crippen LogP contribution in [0, 0.1) is 0 Å². The minimum atomic E-state index is -0.362. The summed E-state index contributed by atoms with van der Waals surface area (Å²) in [6.45, 7) is 26.8. The third-order valence-electron chi connectivity index (χ3n) is 20.8. The van der Waals surface area contributed by atoms with Crippen molar-refractivity contribution in [3.05, 3.63) is 112 Å². The first kappa shape index (κ1) is 112. The predicted molar refractivity (Wildman–Crippen MR) is 537 cm³/mol. The lowest BCUT2D eigenvalue weighted by molar-refractivity contribution is -0.138. The van der Waals surface area contributed by atoms with E-state index >= 15 is 0 Å². The maximum absolute atomic E-state index is 11.5. The highest BCUT2D eigenvalue weighted by molar-refractivity contribution is 8.00. The summed E-state index contributed by atoms with van der Waals surface area (Å²) in [4.78, 5) is 68.8. The van der Waals surface area contributed by atoms with Gasteiger partial charge in [-0.05, 0) is 330 Å². The maximum Gasteiger partial charge on any atom is 0.330 e. The van der Waals surface area contributed by atoms with Gasteiger partial charge in [0.15, 0.2) is 34.5 Å². The number of thioether (sulfide) groups is 6. The molecule has 0 atom stereocenters. The molecule has 4 rings (SSSR count). The molecule has 24 heteroatoms. The van der Waals surface area contributed by atoms with Gasteiger partial charge in [-0.25, -0.2) is 28.8 Å². The second kappa shape index (κ2) is 79.7. The van der Waals surface area contributed by atoms with Crippen LogP contribution in [-0.2, 0) is 57.2 Å². The number of hydrogen-bond acceptors (Lipinski definition) is 24. The Labute approximate surface area is 783 Å². The lowest BCUT2D eigenvalue weighted by Crippen LogP contribution is -2.05. The number of carbonyl (C=O) groups is 6. The molecule has 0 radical (unpaired) electrons. The van der Waals surface area contributed by atoms with Crippen molar-refractivity contribution >= 4 is 139 Å². The van der Waals surface area contributed by atoms with Gasteiger partial charge in [0.25, 0.3) is 0 Å². The third kappa shape index (κ3) is 57.1. The number of esters is 6. The molecule has 0 aliphatic rings. The summed E-state index contributed by atoms with van der Waals surface area (Å²) in [5, 5.41) is 6.15. The molecular formula is C102H156O18S6. The lowest BCUT2D eigenvalue weighted by Gasteiger charge is -2.21. The van der Waals surface area contributed by atoms with Crippen LogP contribution in [-0.4, -0.2) is 184 Å². The zero-order valence-corrected chi connectivity index (χ0v) is 81.5. The molecule has 708 valence electrons. The first-order valence-electron chi connectivity index (χ1n) is 47.5. The fourth-order valence-electron chi connectivity index (χ4n) is 13.6. The van der Waals surface area contributed by atoms with E-state index in [2.05, 4.69) is 75.9 Å². The van der Waals surface area contributed by atoms with E-state index in [1.54, 1.807) is 0 Å². The number of benzene rings is 4. The number of rotatable bonds is 90. The van der Waals surface area contributed by atoms with Gasteiger partial charge in [-0.2, -0.15) is 70.6 Å². The summed E-state index contributed by atoms with van der Waals surface area (Å²) in [5.74, 6) is 15.4. The van der Waals surface area contributed by atoms with Crippen molar-refractivity contribution in [2.24, 2.45) is 0 Å². The van der Waals surface area contributed by atoms with Gasteiger partial charge in [0.2, 0.25) is 0 Å². The van der Waals surface area contributed by atoms with E-state index in [1.807, 2.05) is 70.6 Å². The third-order valence-corrected chi connectivity index (χ3v) is 27.8. The highest BCUT2D eigenvalue weighted by Gasteiger charge is 2.22. The van der Waals surface area contributed by atoms with E-state index in [1.165, 1.54) is 36.5 Å². The Morgan fingerprint density at radius 1 is 0.175 bits per heavy atom. The number of carbonyl (C=O) groups excluding carboxylic acids is 6. The smallest absolute Gasteiger partial charge is 0.330 e. The summed E-state index contributed by atoms with van der Waals surface area (Å²) in [6.07, 6.45) is 50.5. The molecule has 126 heavy (non-hydrogen) atoms. The number of hydrogen-bond donors (Lipinski definition) is 0. The molecule has 0 N–H and O–H groups in total. The Bertz CT molecular complexity index is 3000. The minimum absolute atomic E-state index is 0.362. The molecule has 0 bridgehead atoms. The van der Waals surface area contributed by atoms with Crippen LogP contribution >= 0.6 is 70.6 Å². The monoisotopic (exact) mass is 1860 g/mol. The molecule has 0 amide bonds. The molecule has 0 unspecified atom stereocenters. The molecule has 0 saturated carbocycles. The first-order valence-corrected chi connectivity index (χ1v) is 54.4. The minimum Gasteiger partial charge on any atom is -0.490 e. The van der Waals surface area contributed by atoms with Crippen molar-refractivity contribution in [2.75, 3.05) is 148 Å². The van der Waals surface area contributed by atoms with Crippen LogP contribution in [0.2, 0.25) is 0 Å². The van der Waals surface area contributed by atoms with Gasteiger partial charge in [-0.15, -0.1) is 0 Å². The van der Waals surface area contributed by atoms with E-state index in [4.69, 9.17) is 56.8 Å². The molecule has 0 aliphatic heterocycles. The maximum atomic E-state index is 11.5. The number of fused-ring (bicyclic) bond motifs is 6. The van der Waals surface area contributed by atoms with Crippen molar-refractivity contribution in [3.63, 3.8) is 0 Å². The van der Waals surface area contributed by atoms with Crippen LogP contribution in [0.4, 0.5) is 0 Å². The van der Waals surface area contributed by atoms with Crippen molar-refractivity contribution in [2.45, 2.75) is 270 Å². The van der Waals surface area contributed by atoms with Gasteiger partial charge < -0.3 is 56.8 Å². The van der Waals surface area contributed by atoms with Gasteiger partial charge in [0.05, 0.1) is 79.3 Å². The second-order valence-electron chi connectivity index (χ2n) is 31.4. The number of unbranched alkanes of at least 4 members (excludes halogenated alkanes) is 30. The van der Waals surface area contributed by atoms with Crippen LogP contribution < -0.4 is 28.4 Å². The van der Waals surface area contributed by atoms with Gasteiger partial charge in [0, 0.05) is 36.5 Å². The topological polar surface area (TPSA) is 213 Å². The Morgan fingerprint density at radius 2 is 0.286 bits per heavy atom. The fourth-order valence-corrected chi connectivity index (χ4v) is 19.8. The average molecular weight is 1860 g/mol. The summed E-state index contributed by atoms with van der Waals surface area (Å²) >= 11 is 12.0. The highest BCUT2D eigenvalue weighted by atomic mass is 32.2. The van der Waals surface area contributed by atoms with Crippen LogP contribution in [0.25, 0.3) is 32.3 Å². The average Bonchev–Trinajstić information content (AvgIpc) is 0.725. The SMILES string of the molecule is C=CC(=O)OCCCCCSCCCCCCOc1cc2c3cc(OCCCCCCSCCCCCOC(=O)C=C)c(OCCCCCCSCCCCCOC(=O)C=C)cc3c3cc(OCCCCCCSCCCCCOC(=O)C=C)c(OCCCCCCSCCCCCOC(=O)C=C)cc3c2cc1OCCCCCCSCCCCCOC(=O)C=C. The van der Waals surface area contributed by atoms with Crippen LogP contribution in [0.15, 0.2) is 112 Å². The van der Waals surface area contributed by atoms with Crippen molar-refractivity contribution in [1.29, 1.82) is 0 Å². The lowest BCUT2D eigenvalue weighted by atomic mass is 9.93. The largest absolute Gasteiger partial charge is 0.490 e. The van der Waals surface area contributed by atoms with Crippen LogP contribution in [0.1, 0.15) is 270 Å². The predicted octanol–water partition coefficient (Wildman–Crippen LogP) is 26.6. The zero-order chi connectivity index (χ0) is 90.3. The molecule has 18 nitrogen and oxygen atoms in total. The molecule has 4 aromatic carbocycles.